The molecule has 0 atom stereocenters. The van der Waals surface area contributed by atoms with Crippen LogP contribution >= 0.6 is 0 Å². The Morgan fingerprint density at radius 3 is 2.75 bits per heavy atom. The van der Waals surface area contributed by atoms with Gasteiger partial charge >= 0.3 is 0 Å². The van der Waals surface area contributed by atoms with Crippen molar-refractivity contribution in [3.63, 3.8) is 0 Å². The third-order valence-corrected chi connectivity index (χ3v) is 3.30. The van der Waals surface area contributed by atoms with Crippen LogP contribution in [0.5, 0.6) is 11.5 Å². The number of ether oxygens (including phenoxy) is 1. The van der Waals surface area contributed by atoms with Gasteiger partial charge in [0.1, 0.15) is 0 Å². The molecule has 1 aromatic heterocycles. The van der Waals surface area contributed by atoms with Crippen LogP contribution in [0.2, 0.25) is 0 Å². The molecule has 1 aromatic carbocycles. The number of aromatic hydroxyl groups is 1. The summed E-state index contributed by atoms with van der Waals surface area (Å²) in [5.41, 5.74) is 0.931. The highest BCUT2D eigenvalue weighted by molar-refractivity contribution is 6.05. The first-order chi connectivity index (χ1) is 9.60. The van der Waals surface area contributed by atoms with Crippen molar-refractivity contribution < 1.29 is 19.2 Å². The second-order valence-electron chi connectivity index (χ2n) is 4.85. The van der Waals surface area contributed by atoms with E-state index in [1.54, 1.807) is 13.0 Å². The van der Waals surface area contributed by atoms with Gasteiger partial charge in [0.15, 0.2) is 17.3 Å². The largest absolute Gasteiger partial charge is 0.504 e. The van der Waals surface area contributed by atoms with Gasteiger partial charge in [0.2, 0.25) is 11.7 Å². The molecule has 2 aromatic rings. The van der Waals surface area contributed by atoms with E-state index in [0.29, 0.717) is 22.8 Å². The molecule has 20 heavy (non-hydrogen) atoms. The molecular formula is C14H14N2O4. The number of ketones is 1. The number of Topliss-reactive ketones (excluding diaryl/α,β-unsaturated/α-hetero) is 1. The fourth-order valence-corrected chi connectivity index (χ4v) is 2.09. The van der Waals surface area contributed by atoms with E-state index in [4.69, 9.17) is 9.26 Å². The third-order valence-electron chi connectivity index (χ3n) is 3.30. The van der Waals surface area contributed by atoms with Crippen LogP contribution in [-0.2, 0) is 0 Å². The predicted octanol–water partition coefficient (Wildman–Crippen LogP) is 2.35. The Morgan fingerprint density at radius 1 is 1.45 bits per heavy atom. The smallest absolute Gasteiger partial charge is 0.223 e. The molecule has 0 aliphatic heterocycles. The average molecular weight is 274 g/mol. The van der Waals surface area contributed by atoms with E-state index in [0.717, 1.165) is 12.8 Å². The minimum absolute atomic E-state index is 0.000376. The van der Waals surface area contributed by atoms with Crippen molar-refractivity contribution in [2.45, 2.75) is 19.8 Å². The number of aromatic nitrogens is 2. The number of carbonyl (C=O) groups is 1. The molecule has 0 amide bonds. The molecule has 6 heteroatoms. The van der Waals surface area contributed by atoms with Gasteiger partial charge in [0, 0.05) is 24.0 Å². The number of benzene rings is 1. The molecular weight excluding hydrogens is 260 g/mol. The third kappa shape index (κ3) is 2.13. The van der Waals surface area contributed by atoms with Crippen LogP contribution in [0.4, 0.5) is 0 Å². The number of hydrogen-bond donors (Lipinski definition) is 1. The standard InChI is InChI=1S/C14H14N2O4/c1-7-15-14(16-20-7)10-6-12(19-2)11(17)5-9(10)13(18)8-3-4-8/h5-6,8,17H,3-4H2,1-2H3. The number of hydrogen-bond acceptors (Lipinski definition) is 6. The molecule has 0 saturated heterocycles. The second-order valence-corrected chi connectivity index (χ2v) is 4.85. The summed E-state index contributed by atoms with van der Waals surface area (Å²) in [7, 11) is 1.45. The van der Waals surface area contributed by atoms with Gasteiger partial charge < -0.3 is 14.4 Å². The molecule has 0 bridgehead atoms. The quantitative estimate of drug-likeness (QED) is 0.861. The van der Waals surface area contributed by atoms with Gasteiger partial charge in [0.25, 0.3) is 0 Å². The van der Waals surface area contributed by atoms with Crippen LogP contribution in [-0.4, -0.2) is 28.1 Å². The number of phenolic OH excluding ortho intramolecular Hbond substituents is 1. The molecule has 1 aliphatic carbocycles. The lowest BCUT2D eigenvalue weighted by atomic mass is 9.99. The van der Waals surface area contributed by atoms with E-state index in [1.807, 2.05) is 0 Å². The van der Waals surface area contributed by atoms with E-state index in [2.05, 4.69) is 10.1 Å². The summed E-state index contributed by atoms with van der Waals surface area (Å²) in [6.45, 7) is 1.68. The monoisotopic (exact) mass is 274 g/mol. The SMILES string of the molecule is COc1cc(-c2noc(C)n2)c(C(=O)C2CC2)cc1O. The molecule has 1 heterocycles. The van der Waals surface area contributed by atoms with E-state index >= 15 is 0 Å². The number of rotatable bonds is 4. The zero-order valence-electron chi connectivity index (χ0n) is 11.2. The number of aryl methyl sites for hydroxylation is 1. The first-order valence-electron chi connectivity index (χ1n) is 6.36. The van der Waals surface area contributed by atoms with Gasteiger partial charge in [-0.1, -0.05) is 5.16 Å². The summed E-state index contributed by atoms with van der Waals surface area (Å²) in [5.74, 6) is 0.979. The predicted molar refractivity (Wildman–Crippen MR) is 69.7 cm³/mol. The van der Waals surface area contributed by atoms with Crippen molar-refractivity contribution in [1.82, 2.24) is 10.1 Å². The summed E-state index contributed by atoms with van der Waals surface area (Å²) >= 11 is 0. The summed E-state index contributed by atoms with van der Waals surface area (Å²) in [4.78, 5) is 16.5. The van der Waals surface area contributed by atoms with Crippen LogP contribution in [0.3, 0.4) is 0 Å². The van der Waals surface area contributed by atoms with E-state index in [-0.39, 0.29) is 23.2 Å². The summed E-state index contributed by atoms with van der Waals surface area (Å²) < 4.78 is 10.0. The molecule has 1 saturated carbocycles. The van der Waals surface area contributed by atoms with Crippen molar-refractivity contribution in [2.24, 2.45) is 5.92 Å². The summed E-state index contributed by atoms with van der Waals surface area (Å²) in [5, 5.41) is 13.7. The van der Waals surface area contributed by atoms with Crippen molar-refractivity contribution in [3.8, 4) is 22.9 Å². The molecule has 6 nitrogen and oxygen atoms in total. The molecule has 104 valence electrons. The van der Waals surface area contributed by atoms with Gasteiger partial charge in [-0.2, -0.15) is 4.98 Å². The number of nitrogens with zero attached hydrogens (tertiary/aromatic N) is 2. The molecule has 1 N–H and O–H groups in total. The highest BCUT2D eigenvalue weighted by Crippen LogP contribution is 2.39. The lowest BCUT2D eigenvalue weighted by Crippen LogP contribution is -2.05. The first-order valence-corrected chi connectivity index (χ1v) is 6.36. The fraction of sp³-hybridized carbons (Fsp3) is 0.357. The molecule has 0 radical (unpaired) electrons. The Morgan fingerprint density at radius 2 is 2.20 bits per heavy atom. The number of methoxy groups -OCH3 is 1. The van der Waals surface area contributed by atoms with Gasteiger partial charge in [-0.3, -0.25) is 4.79 Å². The Hall–Kier alpha value is -2.37. The van der Waals surface area contributed by atoms with Gasteiger partial charge in [0.05, 0.1) is 7.11 Å². The highest BCUT2D eigenvalue weighted by Gasteiger charge is 2.33. The molecule has 3 rings (SSSR count). The van der Waals surface area contributed by atoms with Crippen LogP contribution in [0.25, 0.3) is 11.4 Å². The second kappa shape index (κ2) is 4.63. The molecule has 1 aliphatic rings. The number of phenols is 1. The summed E-state index contributed by atoms with van der Waals surface area (Å²) in [6, 6.07) is 2.98. The fourth-order valence-electron chi connectivity index (χ4n) is 2.09. The van der Waals surface area contributed by atoms with Crippen molar-refractivity contribution in [3.05, 3.63) is 23.6 Å². The topological polar surface area (TPSA) is 85.5 Å². The first kappa shape index (κ1) is 12.7. The molecule has 0 spiro atoms. The van der Waals surface area contributed by atoms with E-state index < -0.39 is 0 Å². The average Bonchev–Trinajstić information content (AvgIpc) is 3.20. The number of carbonyl (C=O) groups excluding carboxylic acids is 1. The minimum atomic E-state index is -0.0690. The van der Waals surface area contributed by atoms with Crippen molar-refractivity contribution in [2.75, 3.05) is 7.11 Å². The van der Waals surface area contributed by atoms with Crippen LogP contribution in [0.15, 0.2) is 16.7 Å². The maximum Gasteiger partial charge on any atom is 0.223 e. The molecule has 1 fully saturated rings. The van der Waals surface area contributed by atoms with Crippen LogP contribution in [0.1, 0.15) is 29.1 Å². The molecule has 0 unspecified atom stereocenters. The van der Waals surface area contributed by atoms with Gasteiger partial charge in [-0.05, 0) is 25.0 Å². The van der Waals surface area contributed by atoms with Gasteiger partial charge in [-0.15, -0.1) is 0 Å². The Kier molecular flexibility index (Phi) is 2.93. The normalized spacial score (nSPS) is 14.3. The maximum absolute atomic E-state index is 12.3. The van der Waals surface area contributed by atoms with Gasteiger partial charge in [-0.25, -0.2) is 0 Å². The highest BCUT2D eigenvalue weighted by atomic mass is 16.5. The Labute approximate surface area is 115 Å². The Bertz CT molecular complexity index is 674. The zero-order valence-corrected chi connectivity index (χ0v) is 11.2. The minimum Gasteiger partial charge on any atom is -0.504 e. The van der Waals surface area contributed by atoms with Crippen LogP contribution < -0.4 is 4.74 Å². The van der Waals surface area contributed by atoms with E-state index in [1.165, 1.54) is 13.2 Å². The summed E-state index contributed by atoms with van der Waals surface area (Å²) in [6.07, 6.45) is 1.77. The van der Waals surface area contributed by atoms with Crippen LogP contribution in [0, 0.1) is 12.8 Å². The lowest BCUT2D eigenvalue weighted by Gasteiger charge is -2.09. The van der Waals surface area contributed by atoms with Crippen molar-refractivity contribution >= 4 is 5.78 Å². The van der Waals surface area contributed by atoms with E-state index in [9.17, 15) is 9.90 Å². The van der Waals surface area contributed by atoms with Crippen molar-refractivity contribution in [1.29, 1.82) is 0 Å². The zero-order chi connectivity index (χ0) is 14.3. The maximum atomic E-state index is 12.3. The lowest BCUT2D eigenvalue weighted by molar-refractivity contribution is 0.0968. The Balaban J connectivity index is 2.15.